The highest BCUT2D eigenvalue weighted by atomic mass is 16.1. The standard InChI is InChI=1S/C6H5N5O/c7-4-2-1-3-9-5(4)6(12)10-11-8/h1-3H,7H2. The van der Waals surface area contributed by atoms with Gasteiger partial charge in [0.1, 0.15) is 5.69 Å². The molecule has 1 heterocycles. The van der Waals surface area contributed by atoms with Gasteiger partial charge in [-0.05, 0) is 22.8 Å². The van der Waals surface area contributed by atoms with Crippen LogP contribution in [0.4, 0.5) is 5.69 Å². The molecule has 1 aromatic rings. The van der Waals surface area contributed by atoms with Crippen molar-refractivity contribution >= 4 is 11.6 Å². The van der Waals surface area contributed by atoms with Crippen molar-refractivity contribution in [3.05, 3.63) is 34.5 Å². The van der Waals surface area contributed by atoms with Crippen LogP contribution in [0, 0.1) is 0 Å². The minimum atomic E-state index is -0.768. The first-order chi connectivity index (χ1) is 5.75. The number of carbonyl (C=O) groups excluding carboxylic acids is 1. The molecule has 0 aliphatic rings. The van der Waals surface area contributed by atoms with Crippen molar-refractivity contribution in [2.24, 2.45) is 5.11 Å². The summed E-state index contributed by atoms with van der Waals surface area (Å²) in [6.07, 6.45) is 1.40. The predicted molar refractivity (Wildman–Crippen MR) is 42.1 cm³/mol. The molecule has 0 atom stereocenters. The highest BCUT2D eigenvalue weighted by Crippen LogP contribution is 2.07. The summed E-state index contributed by atoms with van der Waals surface area (Å²) >= 11 is 0. The summed E-state index contributed by atoms with van der Waals surface area (Å²) in [5.74, 6) is -0.768. The molecule has 6 nitrogen and oxygen atoms in total. The zero-order chi connectivity index (χ0) is 8.97. The number of nitrogens with zero attached hydrogens (tertiary/aromatic N) is 4. The molecule has 0 aliphatic heterocycles. The molecule has 1 amide bonds. The van der Waals surface area contributed by atoms with Crippen LogP contribution in [-0.4, -0.2) is 10.9 Å². The van der Waals surface area contributed by atoms with Crippen molar-refractivity contribution in [1.29, 1.82) is 0 Å². The van der Waals surface area contributed by atoms with Gasteiger partial charge in [0.25, 0.3) is 5.91 Å². The van der Waals surface area contributed by atoms with Crippen molar-refractivity contribution in [1.82, 2.24) is 4.98 Å². The largest absolute Gasteiger partial charge is 0.397 e. The van der Waals surface area contributed by atoms with E-state index in [4.69, 9.17) is 11.3 Å². The lowest BCUT2D eigenvalue weighted by atomic mass is 10.3. The van der Waals surface area contributed by atoms with Crippen LogP contribution in [0.3, 0.4) is 0 Å². The van der Waals surface area contributed by atoms with Gasteiger partial charge >= 0.3 is 0 Å². The molecule has 0 saturated heterocycles. The van der Waals surface area contributed by atoms with Crippen molar-refractivity contribution in [3.8, 4) is 0 Å². The maximum absolute atomic E-state index is 10.9. The molecule has 0 aliphatic carbocycles. The number of anilines is 1. The van der Waals surface area contributed by atoms with E-state index in [0.29, 0.717) is 0 Å². The summed E-state index contributed by atoms with van der Waals surface area (Å²) in [5.41, 5.74) is 13.5. The Bertz CT molecular complexity index is 355. The lowest BCUT2D eigenvalue weighted by Gasteiger charge is -1.96. The lowest BCUT2D eigenvalue weighted by Crippen LogP contribution is -2.02. The average Bonchev–Trinajstić information content (AvgIpc) is 2.05. The second kappa shape index (κ2) is 3.36. The van der Waals surface area contributed by atoms with Gasteiger partial charge < -0.3 is 5.73 Å². The molecule has 12 heavy (non-hydrogen) atoms. The van der Waals surface area contributed by atoms with Crippen molar-refractivity contribution < 1.29 is 4.79 Å². The Hall–Kier alpha value is -2.07. The topological polar surface area (TPSA) is 105 Å². The van der Waals surface area contributed by atoms with E-state index in [0.717, 1.165) is 0 Å². The van der Waals surface area contributed by atoms with Gasteiger partial charge in [0, 0.05) is 11.1 Å². The SMILES string of the molecule is [N-]=[N+]=NC(=O)c1ncccc1N. The quantitative estimate of drug-likeness (QED) is 0.380. The monoisotopic (exact) mass is 163 g/mol. The number of nitrogens with two attached hydrogens (primary N) is 1. The van der Waals surface area contributed by atoms with E-state index in [1.807, 2.05) is 0 Å². The second-order valence-corrected chi connectivity index (χ2v) is 1.94. The highest BCUT2D eigenvalue weighted by Gasteiger charge is 2.07. The lowest BCUT2D eigenvalue weighted by molar-refractivity contribution is 0.0996. The van der Waals surface area contributed by atoms with Gasteiger partial charge in [-0.3, -0.25) is 9.78 Å². The molecule has 0 spiro atoms. The van der Waals surface area contributed by atoms with Gasteiger partial charge in [-0.1, -0.05) is 0 Å². The zero-order valence-electron chi connectivity index (χ0n) is 6.01. The van der Waals surface area contributed by atoms with Crippen LogP contribution in [0.25, 0.3) is 10.4 Å². The van der Waals surface area contributed by atoms with Crippen LogP contribution in [-0.2, 0) is 0 Å². The van der Waals surface area contributed by atoms with E-state index in [2.05, 4.69) is 15.0 Å². The van der Waals surface area contributed by atoms with Crippen LogP contribution in [0.15, 0.2) is 23.4 Å². The number of hydrogen-bond donors (Lipinski definition) is 1. The zero-order valence-corrected chi connectivity index (χ0v) is 6.01. The van der Waals surface area contributed by atoms with E-state index in [9.17, 15) is 4.79 Å². The number of hydrogen-bond acceptors (Lipinski definition) is 3. The van der Waals surface area contributed by atoms with Gasteiger partial charge in [-0.2, -0.15) is 0 Å². The maximum Gasteiger partial charge on any atom is 0.269 e. The molecule has 0 unspecified atom stereocenters. The van der Waals surface area contributed by atoms with E-state index in [-0.39, 0.29) is 11.4 Å². The smallest absolute Gasteiger partial charge is 0.269 e. The number of carbonyl (C=O) groups is 1. The van der Waals surface area contributed by atoms with Crippen LogP contribution in [0.5, 0.6) is 0 Å². The number of nitrogen functional groups attached to an aromatic ring is 1. The molecule has 0 saturated carbocycles. The summed E-state index contributed by atoms with van der Waals surface area (Å²) < 4.78 is 0. The summed E-state index contributed by atoms with van der Waals surface area (Å²) in [5, 5.41) is 2.85. The third-order valence-electron chi connectivity index (χ3n) is 1.18. The van der Waals surface area contributed by atoms with Crippen molar-refractivity contribution in [2.75, 3.05) is 5.73 Å². The first-order valence-electron chi connectivity index (χ1n) is 3.05. The third kappa shape index (κ3) is 1.50. The number of azide groups is 1. The molecule has 0 bridgehead atoms. The van der Waals surface area contributed by atoms with Crippen LogP contribution in [0.1, 0.15) is 10.5 Å². The van der Waals surface area contributed by atoms with Crippen LogP contribution in [0.2, 0.25) is 0 Å². The molecule has 1 aromatic heterocycles. The molecular weight excluding hydrogens is 158 g/mol. The average molecular weight is 163 g/mol. The summed E-state index contributed by atoms with van der Waals surface area (Å²) in [6, 6.07) is 3.09. The van der Waals surface area contributed by atoms with Crippen molar-refractivity contribution in [2.45, 2.75) is 0 Å². The normalized spacial score (nSPS) is 8.67. The predicted octanol–water partition coefficient (Wildman–Crippen LogP) is 1.11. The molecular formula is C6H5N5O. The molecule has 1 rings (SSSR count). The van der Waals surface area contributed by atoms with Crippen LogP contribution < -0.4 is 5.73 Å². The number of rotatable bonds is 1. The number of pyridine rings is 1. The summed E-state index contributed by atoms with van der Waals surface area (Å²) in [6.45, 7) is 0. The van der Waals surface area contributed by atoms with E-state index in [1.165, 1.54) is 12.3 Å². The number of amides is 1. The molecule has 6 heteroatoms. The Labute approximate surface area is 67.7 Å². The van der Waals surface area contributed by atoms with E-state index >= 15 is 0 Å². The first-order valence-corrected chi connectivity index (χ1v) is 3.05. The van der Waals surface area contributed by atoms with Gasteiger partial charge in [0.15, 0.2) is 0 Å². The third-order valence-corrected chi connectivity index (χ3v) is 1.18. The second-order valence-electron chi connectivity index (χ2n) is 1.94. The molecule has 0 fully saturated rings. The molecule has 60 valence electrons. The minimum Gasteiger partial charge on any atom is -0.397 e. The minimum absolute atomic E-state index is 0.0182. The molecule has 2 N–H and O–H groups in total. The number of aromatic nitrogens is 1. The Morgan fingerprint density at radius 1 is 1.75 bits per heavy atom. The summed E-state index contributed by atoms with van der Waals surface area (Å²) in [7, 11) is 0. The first kappa shape index (κ1) is 8.03. The Morgan fingerprint density at radius 3 is 3.08 bits per heavy atom. The molecule has 0 radical (unpaired) electrons. The fourth-order valence-electron chi connectivity index (χ4n) is 0.684. The Balaban J connectivity index is 3.11. The summed E-state index contributed by atoms with van der Waals surface area (Å²) in [4.78, 5) is 16.9. The maximum atomic E-state index is 10.9. The molecule has 0 aromatic carbocycles. The Morgan fingerprint density at radius 2 is 2.50 bits per heavy atom. The Kier molecular flexibility index (Phi) is 2.25. The fourth-order valence-corrected chi connectivity index (χ4v) is 0.684. The van der Waals surface area contributed by atoms with Gasteiger partial charge in [0.05, 0.1) is 5.69 Å². The highest BCUT2D eigenvalue weighted by molar-refractivity contribution is 5.97. The van der Waals surface area contributed by atoms with Gasteiger partial charge in [-0.25, -0.2) is 0 Å². The van der Waals surface area contributed by atoms with Crippen molar-refractivity contribution in [3.63, 3.8) is 0 Å². The van der Waals surface area contributed by atoms with Gasteiger partial charge in [-0.15, -0.1) is 0 Å². The fraction of sp³-hybridized carbons (Fsp3) is 0. The van der Waals surface area contributed by atoms with E-state index < -0.39 is 5.91 Å². The van der Waals surface area contributed by atoms with E-state index in [1.54, 1.807) is 6.07 Å². The van der Waals surface area contributed by atoms with Crippen LogP contribution >= 0.6 is 0 Å². The van der Waals surface area contributed by atoms with Gasteiger partial charge in [0.2, 0.25) is 0 Å².